The Morgan fingerprint density at radius 1 is 1.57 bits per heavy atom. The minimum Gasteiger partial charge on any atom is -0.456 e. The second-order valence-corrected chi connectivity index (χ2v) is 4.61. The van der Waals surface area contributed by atoms with E-state index >= 15 is 0 Å². The Morgan fingerprint density at radius 3 is 2.64 bits per heavy atom. The van der Waals surface area contributed by atoms with Gasteiger partial charge < -0.3 is 9.57 Å². The summed E-state index contributed by atoms with van der Waals surface area (Å²) >= 11 is 0. The third kappa shape index (κ3) is 0.880. The van der Waals surface area contributed by atoms with Crippen LogP contribution in [0.4, 0.5) is 0 Å². The molecule has 0 aromatic heterocycles. The first-order chi connectivity index (χ1) is 6.45. The van der Waals surface area contributed by atoms with Crippen molar-refractivity contribution in [1.82, 2.24) is 5.06 Å². The molecule has 0 aromatic carbocycles. The van der Waals surface area contributed by atoms with E-state index in [1.807, 2.05) is 20.9 Å². The molecule has 2 rings (SSSR count). The average Bonchev–Trinajstić information content (AvgIpc) is 2.36. The maximum Gasteiger partial charge on any atom is 0.316 e. The van der Waals surface area contributed by atoms with Crippen LogP contribution in [0, 0.1) is 5.41 Å². The number of hydroxylamine groups is 2. The molecule has 0 aromatic rings. The van der Waals surface area contributed by atoms with Crippen LogP contribution in [0.1, 0.15) is 26.7 Å². The van der Waals surface area contributed by atoms with Crippen LogP contribution in [0.15, 0.2) is 0 Å². The zero-order chi connectivity index (χ0) is 10.6. The summed E-state index contributed by atoms with van der Waals surface area (Å²) in [5.74, 6) is -0.0630. The standard InChI is InChI=1S/C10H17NO3/c1-9-6-5-7(11(3)13-4)10(9,2)14-8(9)12/h7H,5-6H2,1-4H3/t7-,9-,10?/m1/s1. The number of carbonyl (C=O) groups excluding carboxylic acids is 1. The number of nitrogens with zero attached hydrogens (tertiary/aromatic N) is 1. The Kier molecular flexibility index (Phi) is 1.92. The fourth-order valence-electron chi connectivity index (χ4n) is 2.72. The van der Waals surface area contributed by atoms with Crippen molar-refractivity contribution in [3.8, 4) is 0 Å². The van der Waals surface area contributed by atoms with Crippen LogP contribution >= 0.6 is 0 Å². The molecule has 14 heavy (non-hydrogen) atoms. The number of rotatable bonds is 2. The van der Waals surface area contributed by atoms with Crippen molar-refractivity contribution in [3.05, 3.63) is 0 Å². The maximum atomic E-state index is 11.4. The summed E-state index contributed by atoms with van der Waals surface area (Å²) in [6, 6.07) is 0.176. The number of hydrogen-bond donors (Lipinski definition) is 0. The van der Waals surface area contributed by atoms with Crippen LogP contribution in [-0.2, 0) is 14.4 Å². The second-order valence-electron chi connectivity index (χ2n) is 4.61. The van der Waals surface area contributed by atoms with Crippen molar-refractivity contribution in [1.29, 1.82) is 0 Å². The lowest BCUT2D eigenvalue weighted by atomic mass is 9.71. The lowest BCUT2D eigenvalue weighted by molar-refractivity contribution is -0.259. The van der Waals surface area contributed by atoms with Crippen molar-refractivity contribution in [2.75, 3.05) is 14.2 Å². The topological polar surface area (TPSA) is 38.8 Å². The fraction of sp³-hybridized carbons (Fsp3) is 0.900. The molecular formula is C10H17NO3. The Balaban J connectivity index is 2.24. The van der Waals surface area contributed by atoms with E-state index in [-0.39, 0.29) is 23.0 Å². The zero-order valence-electron chi connectivity index (χ0n) is 9.16. The Labute approximate surface area is 84.1 Å². The predicted octanol–water partition coefficient (Wildman–Crippen LogP) is 0.964. The molecule has 1 saturated carbocycles. The normalized spacial score (nSPS) is 46.1. The van der Waals surface area contributed by atoms with E-state index in [1.165, 1.54) is 0 Å². The maximum absolute atomic E-state index is 11.4. The molecule has 3 atom stereocenters. The van der Waals surface area contributed by atoms with Gasteiger partial charge in [0.15, 0.2) is 0 Å². The summed E-state index contributed by atoms with van der Waals surface area (Å²) < 4.78 is 5.33. The first-order valence-corrected chi connectivity index (χ1v) is 4.96. The molecule has 80 valence electrons. The molecule has 1 aliphatic heterocycles. The number of likely N-dealkylation sites (N-methyl/N-ethyl adjacent to an activating group) is 1. The SMILES string of the molecule is CON(C)[C@@H]1CC[C@]2(C)C(=O)OC12C. The lowest BCUT2D eigenvalue weighted by Crippen LogP contribution is -2.67. The summed E-state index contributed by atoms with van der Waals surface area (Å²) in [5.41, 5.74) is -0.667. The summed E-state index contributed by atoms with van der Waals surface area (Å²) in [5, 5.41) is 1.79. The molecule has 0 N–H and O–H groups in total. The highest BCUT2D eigenvalue weighted by molar-refractivity contribution is 5.85. The second kappa shape index (κ2) is 2.70. The first kappa shape index (κ1) is 9.93. The lowest BCUT2D eigenvalue weighted by Gasteiger charge is -2.52. The molecule has 2 fully saturated rings. The van der Waals surface area contributed by atoms with Gasteiger partial charge in [0.1, 0.15) is 11.0 Å². The van der Waals surface area contributed by atoms with E-state index in [0.29, 0.717) is 0 Å². The van der Waals surface area contributed by atoms with Crippen molar-refractivity contribution in [2.24, 2.45) is 5.41 Å². The summed E-state index contributed by atoms with van der Waals surface area (Å²) in [4.78, 5) is 16.6. The van der Waals surface area contributed by atoms with Crippen LogP contribution in [0.2, 0.25) is 0 Å². The molecule has 0 radical (unpaired) electrons. The molecule has 0 spiro atoms. The molecule has 0 amide bonds. The Morgan fingerprint density at radius 2 is 2.21 bits per heavy atom. The smallest absolute Gasteiger partial charge is 0.316 e. The van der Waals surface area contributed by atoms with Gasteiger partial charge in [0.25, 0.3) is 0 Å². The molecule has 2 aliphatic rings. The quantitative estimate of drug-likeness (QED) is 0.490. The van der Waals surface area contributed by atoms with Gasteiger partial charge in [0, 0.05) is 7.05 Å². The number of hydrogen-bond acceptors (Lipinski definition) is 4. The molecule has 4 nitrogen and oxygen atoms in total. The van der Waals surface area contributed by atoms with Gasteiger partial charge in [-0.25, -0.2) is 0 Å². The largest absolute Gasteiger partial charge is 0.456 e. The third-order valence-electron chi connectivity index (χ3n) is 4.13. The van der Waals surface area contributed by atoms with Crippen LogP contribution in [0.3, 0.4) is 0 Å². The summed E-state index contributed by atoms with van der Waals surface area (Å²) in [6.07, 6.45) is 1.84. The van der Waals surface area contributed by atoms with E-state index in [0.717, 1.165) is 12.8 Å². The number of carbonyl (C=O) groups is 1. The van der Waals surface area contributed by atoms with Crippen molar-refractivity contribution < 1.29 is 14.4 Å². The zero-order valence-corrected chi connectivity index (χ0v) is 9.16. The van der Waals surface area contributed by atoms with Crippen LogP contribution in [-0.4, -0.2) is 36.8 Å². The van der Waals surface area contributed by atoms with Gasteiger partial charge >= 0.3 is 5.97 Å². The highest BCUT2D eigenvalue weighted by Crippen LogP contribution is 2.58. The van der Waals surface area contributed by atoms with Crippen LogP contribution < -0.4 is 0 Å². The highest BCUT2D eigenvalue weighted by atomic mass is 16.7. The molecule has 0 bridgehead atoms. The fourth-order valence-corrected chi connectivity index (χ4v) is 2.72. The minimum absolute atomic E-state index is 0.0630. The van der Waals surface area contributed by atoms with Crippen molar-refractivity contribution in [3.63, 3.8) is 0 Å². The van der Waals surface area contributed by atoms with E-state index in [1.54, 1.807) is 12.2 Å². The molecule has 1 aliphatic carbocycles. The number of fused-ring (bicyclic) bond motifs is 1. The van der Waals surface area contributed by atoms with Crippen LogP contribution in [0.5, 0.6) is 0 Å². The number of esters is 1. The van der Waals surface area contributed by atoms with Gasteiger partial charge in [-0.15, -0.1) is 0 Å². The van der Waals surface area contributed by atoms with Gasteiger partial charge in [0.05, 0.1) is 13.2 Å². The molecule has 4 heteroatoms. The minimum atomic E-state index is -0.366. The van der Waals surface area contributed by atoms with E-state index < -0.39 is 0 Å². The van der Waals surface area contributed by atoms with E-state index in [2.05, 4.69) is 0 Å². The van der Waals surface area contributed by atoms with E-state index in [4.69, 9.17) is 9.57 Å². The highest BCUT2D eigenvalue weighted by Gasteiger charge is 2.71. The van der Waals surface area contributed by atoms with Gasteiger partial charge in [-0.3, -0.25) is 4.79 Å². The molecule has 1 saturated heterocycles. The van der Waals surface area contributed by atoms with Gasteiger partial charge in [-0.05, 0) is 26.7 Å². The summed E-state index contributed by atoms with van der Waals surface area (Å²) in [7, 11) is 3.52. The van der Waals surface area contributed by atoms with Crippen LogP contribution in [0.25, 0.3) is 0 Å². The third-order valence-corrected chi connectivity index (χ3v) is 4.13. The van der Waals surface area contributed by atoms with Gasteiger partial charge in [-0.1, -0.05) is 0 Å². The molecule has 1 unspecified atom stereocenters. The van der Waals surface area contributed by atoms with Crippen molar-refractivity contribution >= 4 is 5.97 Å². The Bertz CT molecular complexity index is 281. The average molecular weight is 199 g/mol. The number of ether oxygens (including phenoxy) is 1. The van der Waals surface area contributed by atoms with E-state index in [9.17, 15) is 4.79 Å². The first-order valence-electron chi connectivity index (χ1n) is 4.96. The van der Waals surface area contributed by atoms with Gasteiger partial charge in [-0.2, -0.15) is 5.06 Å². The van der Waals surface area contributed by atoms with Crippen molar-refractivity contribution in [2.45, 2.75) is 38.3 Å². The Hall–Kier alpha value is -0.610. The predicted molar refractivity (Wildman–Crippen MR) is 50.4 cm³/mol. The van der Waals surface area contributed by atoms with Gasteiger partial charge in [0.2, 0.25) is 0 Å². The molecule has 1 heterocycles. The summed E-state index contributed by atoms with van der Waals surface area (Å²) in [6.45, 7) is 3.99. The molecular weight excluding hydrogens is 182 g/mol. The monoisotopic (exact) mass is 199 g/mol.